The van der Waals surface area contributed by atoms with Crippen molar-refractivity contribution < 1.29 is 26.6 Å². The molecule has 2 rings (SSSR count). The number of rotatable bonds is 5. The van der Waals surface area contributed by atoms with Crippen molar-refractivity contribution in [2.45, 2.75) is 38.3 Å². The number of aliphatic hydroxyl groups excluding tert-OH is 1. The fourth-order valence-corrected chi connectivity index (χ4v) is 2.39. The number of hydrogen-bond acceptors (Lipinski definition) is 4. The molecule has 2 atom stereocenters. The van der Waals surface area contributed by atoms with Gasteiger partial charge in [0.15, 0.2) is 0 Å². The number of carbonyl (C=O) groups is 1. The van der Waals surface area contributed by atoms with Crippen molar-refractivity contribution in [1.82, 2.24) is 5.32 Å². The number of carbonyl (C=O) groups excluding carboxylic acids is 1. The lowest BCUT2D eigenvalue weighted by Gasteiger charge is -2.29. The van der Waals surface area contributed by atoms with Crippen LogP contribution in [-0.2, 0) is 4.74 Å². The third-order valence-corrected chi connectivity index (χ3v) is 3.38. The minimum atomic E-state index is -1.06. The number of benzene rings is 2. The van der Waals surface area contributed by atoms with Crippen molar-refractivity contribution in [3.8, 4) is 5.75 Å². The van der Waals surface area contributed by atoms with E-state index in [4.69, 9.17) is 11.6 Å². The summed E-state index contributed by atoms with van der Waals surface area (Å²) in [5.41, 5.74) is -0.447. The molecule has 0 aliphatic rings. The molecule has 2 aromatic rings. The molecular formula is C20H25NO4. The fourth-order valence-electron chi connectivity index (χ4n) is 2.39. The summed E-state index contributed by atoms with van der Waals surface area (Å²) >= 11 is 0. The summed E-state index contributed by atoms with van der Waals surface area (Å²) in [6.07, 6.45) is -0.822. The van der Waals surface area contributed by atoms with E-state index in [2.05, 4.69) is 5.32 Å². The predicted molar refractivity (Wildman–Crippen MR) is 96.6 cm³/mol. The lowest BCUT2D eigenvalue weighted by atomic mass is 9.85. The smallest absolute Gasteiger partial charge is 0.407 e. The summed E-state index contributed by atoms with van der Waals surface area (Å²) in [5.74, 6) is -1.03. The normalized spacial score (nSPS) is 16.6. The van der Waals surface area contributed by atoms with Crippen LogP contribution in [0.1, 0.15) is 44.7 Å². The largest absolute Gasteiger partial charge is 0.508 e. The SMILES string of the molecule is [2H]c1c([2H])c([2H])c(C(c2ccc(O)cc2)C(CO)NC(=O)OC(C)(C)C)c([2H])c1[2H]. The maximum absolute atomic E-state index is 12.3. The van der Waals surface area contributed by atoms with E-state index in [1.807, 2.05) is 0 Å². The van der Waals surface area contributed by atoms with Crippen LogP contribution in [0.25, 0.3) is 0 Å². The van der Waals surface area contributed by atoms with Gasteiger partial charge in [0, 0.05) is 5.92 Å². The molecule has 0 heterocycles. The van der Waals surface area contributed by atoms with E-state index in [-0.39, 0.29) is 11.3 Å². The Hall–Kier alpha value is -2.53. The quantitative estimate of drug-likeness (QED) is 0.774. The van der Waals surface area contributed by atoms with Crippen LogP contribution in [0.15, 0.2) is 54.5 Å². The Balaban J connectivity index is 2.65. The molecule has 0 spiro atoms. The molecule has 0 bridgehead atoms. The minimum absolute atomic E-state index is 0.0285. The van der Waals surface area contributed by atoms with E-state index in [1.165, 1.54) is 24.3 Å². The highest BCUT2D eigenvalue weighted by atomic mass is 16.6. The maximum Gasteiger partial charge on any atom is 0.407 e. The summed E-state index contributed by atoms with van der Waals surface area (Å²) in [5, 5.41) is 22.2. The van der Waals surface area contributed by atoms with Crippen molar-refractivity contribution in [2.24, 2.45) is 0 Å². The molecule has 5 heteroatoms. The highest BCUT2D eigenvalue weighted by molar-refractivity contribution is 5.68. The highest BCUT2D eigenvalue weighted by Gasteiger charge is 2.28. The second-order valence-corrected chi connectivity index (χ2v) is 6.54. The summed E-state index contributed by atoms with van der Waals surface area (Å²) in [4.78, 5) is 12.3. The summed E-state index contributed by atoms with van der Waals surface area (Å²) in [7, 11) is 0. The molecule has 134 valence electrons. The van der Waals surface area contributed by atoms with Crippen molar-refractivity contribution in [1.29, 1.82) is 0 Å². The molecule has 0 aliphatic heterocycles. The fraction of sp³-hybridized carbons (Fsp3) is 0.350. The van der Waals surface area contributed by atoms with Gasteiger partial charge < -0.3 is 20.3 Å². The van der Waals surface area contributed by atoms with E-state index in [0.717, 1.165) is 0 Å². The highest BCUT2D eigenvalue weighted by Crippen LogP contribution is 2.29. The minimum Gasteiger partial charge on any atom is -0.508 e. The molecule has 0 aromatic heterocycles. The van der Waals surface area contributed by atoms with Crippen LogP contribution < -0.4 is 5.32 Å². The predicted octanol–water partition coefficient (Wildman–Crippen LogP) is 3.41. The van der Waals surface area contributed by atoms with E-state index >= 15 is 0 Å². The Bertz CT molecular complexity index is 899. The van der Waals surface area contributed by atoms with Gasteiger partial charge in [0.2, 0.25) is 0 Å². The number of aliphatic hydroxyl groups is 1. The monoisotopic (exact) mass is 348 g/mol. The van der Waals surface area contributed by atoms with Crippen molar-refractivity contribution >= 4 is 6.09 Å². The van der Waals surface area contributed by atoms with Crippen molar-refractivity contribution in [3.05, 3.63) is 65.6 Å². The molecule has 5 nitrogen and oxygen atoms in total. The third kappa shape index (κ3) is 5.50. The number of aromatic hydroxyl groups is 1. The van der Waals surface area contributed by atoms with Crippen LogP contribution in [0.5, 0.6) is 5.75 Å². The van der Waals surface area contributed by atoms with Gasteiger partial charge in [-0.15, -0.1) is 0 Å². The zero-order chi connectivity index (χ0) is 22.8. The number of phenolic OH excluding ortho intramolecular Hbond substituents is 1. The molecule has 0 fully saturated rings. The van der Waals surface area contributed by atoms with Crippen molar-refractivity contribution in [2.75, 3.05) is 6.61 Å². The number of alkyl carbamates (subject to hydrolysis) is 1. The zero-order valence-corrected chi connectivity index (χ0v) is 14.4. The number of nitrogens with one attached hydrogen (secondary N) is 1. The van der Waals surface area contributed by atoms with E-state index in [0.29, 0.717) is 5.56 Å². The Morgan fingerprint density at radius 2 is 1.76 bits per heavy atom. The van der Waals surface area contributed by atoms with Gasteiger partial charge in [-0.25, -0.2) is 4.79 Å². The Labute approximate surface area is 155 Å². The van der Waals surface area contributed by atoms with Gasteiger partial charge in [-0.3, -0.25) is 0 Å². The summed E-state index contributed by atoms with van der Waals surface area (Å²) in [6.45, 7) is 4.43. The van der Waals surface area contributed by atoms with Gasteiger partial charge in [0.05, 0.1) is 19.5 Å². The molecule has 0 saturated carbocycles. The maximum atomic E-state index is 12.3. The topological polar surface area (TPSA) is 78.8 Å². The Morgan fingerprint density at radius 1 is 1.16 bits per heavy atom. The van der Waals surface area contributed by atoms with Gasteiger partial charge in [0.25, 0.3) is 0 Å². The first-order chi connectivity index (χ1) is 13.9. The standard InChI is InChI=1S/C20H25NO4/c1-20(2,3)25-19(24)21-17(13-22)18(14-7-5-4-6-8-14)15-9-11-16(23)12-10-15/h4-12,17-18,22-23H,13H2,1-3H3,(H,21,24)/i4D,5D,6D,7D,8D. The average Bonchev–Trinajstić information content (AvgIpc) is 2.66. The third-order valence-electron chi connectivity index (χ3n) is 3.38. The number of phenols is 1. The Morgan fingerprint density at radius 3 is 2.28 bits per heavy atom. The molecular weight excluding hydrogens is 318 g/mol. The summed E-state index contributed by atoms with van der Waals surface area (Å²) < 4.78 is 45.6. The van der Waals surface area contributed by atoms with Crippen LogP contribution in [-0.4, -0.2) is 34.6 Å². The Kier molecular flexibility index (Phi) is 4.10. The first-order valence-corrected chi connectivity index (χ1v) is 7.83. The van der Waals surface area contributed by atoms with E-state index < -0.39 is 60.5 Å². The molecule has 3 N–H and O–H groups in total. The number of ether oxygens (including phenoxy) is 1. The summed E-state index contributed by atoms with van der Waals surface area (Å²) in [6, 6.07) is 2.21. The van der Waals surface area contributed by atoms with Crippen LogP contribution in [0.2, 0.25) is 0 Å². The average molecular weight is 348 g/mol. The molecule has 2 aromatic carbocycles. The van der Waals surface area contributed by atoms with Gasteiger partial charge in [-0.05, 0) is 44.0 Å². The van der Waals surface area contributed by atoms with E-state index in [1.54, 1.807) is 20.8 Å². The molecule has 0 saturated heterocycles. The molecule has 2 unspecified atom stereocenters. The van der Waals surface area contributed by atoms with Crippen molar-refractivity contribution in [3.63, 3.8) is 0 Å². The van der Waals surface area contributed by atoms with Crippen LogP contribution >= 0.6 is 0 Å². The zero-order valence-electron chi connectivity index (χ0n) is 19.4. The second-order valence-electron chi connectivity index (χ2n) is 6.54. The van der Waals surface area contributed by atoms with Gasteiger partial charge in [-0.2, -0.15) is 0 Å². The molecule has 0 radical (unpaired) electrons. The molecule has 1 amide bonds. The lowest BCUT2D eigenvalue weighted by molar-refractivity contribution is 0.0476. The first-order valence-electron chi connectivity index (χ1n) is 10.3. The molecule has 0 aliphatic carbocycles. The van der Waals surface area contributed by atoms with Crippen LogP contribution in [0.4, 0.5) is 4.79 Å². The first kappa shape index (κ1) is 12.8. The van der Waals surface area contributed by atoms with Crippen LogP contribution in [0.3, 0.4) is 0 Å². The molecule has 25 heavy (non-hydrogen) atoms. The second kappa shape index (κ2) is 8.03. The lowest BCUT2D eigenvalue weighted by Crippen LogP contribution is -2.44. The van der Waals surface area contributed by atoms with Crippen LogP contribution in [0, 0.1) is 0 Å². The van der Waals surface area contributed by atoms with E-state index in [9.17, 15) is 15.0 Å². The van der Waals surface area contributed by atoms with Gasteiger partial charge in [0.1, 0.15) is 11.4 Å². The van der Waals surface area contributed by atoms with Gasteiger partial charge in [-0.1, -0.05) is 42.3 Å². The van der Waals surface area contributed by atoms with Gasteiger partial charge >= 0.3 is 6.09 Å². The number of hydrogen-bond donors (Lipinski definition) is 3. The number of amides is 1.